The lowest BCUT2D eigenvalue weighted by molar-refractivity contribution is -0.116. The van der Waals surface area contributed by atoms with E-state index in [1.165, 1.54) is 10.8 Å². The maximum atomic E-state index is 12.7. The Morgan fingerprint density at radius 2 is 2.00 bits per heavy atom. The van der Waals surface area contributed by atoms with Crippen LogP contribution in [0.3, 0.4) is 0 Å². The van der Waals surface area contributed by atoms with E-state index in [2.05, 4.69) is 15.4 Å². The number of hydrogen-bond donors (Lipinski definition) is 1. The second-order valence-electron chi connectivity index (χ2n) is 6.71. The summed E-state index contributed by atoms with van der Waals surface area (Å²) in [6.07, 6.45) is 8.62. The molecule has 2 heterocycles. The smallest absolute Gasteiger partial charge is 0.346 e. The molecule has 1 aromatic carbocycles. The van der Waals surface area contributed by atoms with Crippen molar-refractivity contribution in [3.63, 3.8) is 0 Å². The van der Waals surface area contributed by atoms with Gasteiger partial charge in [0, 0.05) is 36.6 Å². The molecule has 0 spiro atoms. The molecule has 4 rings (SSSR count). The van der Waals surface area contributed by atoms with Crippen LogP contribution in [0.4, 0.5) is 0 Å². The molecule has 7 nitrogen and oxygen atoms in total. The lowest BCUT2D eigenvalue weighted by Crippen LogP contribution is -2.31. The van der Waals surface area contributed by atoms with Gasteiger partial charge in [-0.3, -0.25) is 14.3 Å². The van der Waals surface area contributed by atoms with Crippen LogP contribution in [0.2, 0.25) is 0 Å². The van der Waals surface area contributed by atoms with Crippen LogP contribution in [0.1, 0.15) is 24.4 Å². The van der Waals surface area contributed by atoms with Crippen LogP contribution in [0.15, 0.2) is 65.7 Å². The highest BCUT2D eigenvalue weighted by Gasteiger charge is 2.30. The van der Waals surface area contributed by atoms with Crippen molar-refractivity contribution in [3.8, 4) is 11.4 Å². The van der Waals surface area contributed by atoms with Crippen molar-refractivity contribution in [3.05, 3.63) is 77.0 Å². The predicted molar refractivity (Wildman–Crippen MR) is 106 cm³/mol. The van der Waals surface area contributed by atoms with Gasteiger partial charge in [0.25, 0.3) is 0 Å². The molecule has 1 amide bonds. The Labute approximate surface area is 162 Å². The monoisotopic (exact) mass is 375 g/mol. The summed E-state index contributed by atoms with van der Waals surface area (Å²) < 4.78 is 3.16. The van der Waals surface area contributed by atoms with Gasteiger partial charge >= 0.3 is 5.69 Å². The van der Waals surface area contributed by atoms with Crippen molar-refractivity contribution >= 4 is 12.0 Å². The van der Waals surface area contributed by atoms with Crippen LogP contribution < -0.4 is 11.0 Å². The van der Waals surface area contributed by atoms with Gasteiger partial charge < -0.3 is 5.32 Å². The number of rotatable bonds is 7. The Kier molecular flexibility index (Phi) is 5.14. The van der Waals surface area contributed by atoms with Gasteiger partial charge in [0.1, 0.15) is 0 Å². The average Bonchev–Trinajstić information content (AvgIpc) is 3.52. The van der Waals surface area contributed by atoms with E-state index >= 15 is 0 Å². The highest BCUT2D eigenvalue weighted by atomic mass is 16.2. The number of carbonyl (C=O) groups excluding carboxylic acids is 1. The van der Waals surface area contributed by atoms with Crippen LogP contribution in [-0.4, -0.2) is 31.8 Å². The quantitative estimate of drug-likeness (QED) is 0.642. The number of aromatic nitrogens is 4. The summed E-state index contributed by atoms with van der Waals surface area (Å²) >= 11 is 0. The highest BCUT2D eigenvalue weighted by Crippen LogP contribution is 2.36. The minimum atomic E-state index is -0.203. The summed E-state index contributed by atoms with van der Waals surface area (Å²) in [5.74, 6) is 0.432. The number of carbonyl (C=O) groups is 1. The molecule has 0 atom stereocenters. The molecule has 0 radical (unpaired) electrons. The van der Waals surface area contributed by atoms with E-state index in [0.29, 0.717) is 18.9 Å². The number of benzene rings is 1. The summed E-state index contributed by atoms with van der Waals surface area (Å²) in [6, 6.07) is 13.5. The normalized spacial score (nSPS) is 13.7. The van der Waals surface area contributed by atoms with Gasteiger partial charge in [0.05, 0.1) is 6.54 Å². The third-order valence-electron chi connectivity index (χ3n) is 4.55. The Bertz CT molecular complexity index is 1030. The molecule has 0 bridgehead atoms. The fourth-order valence-electron chi connectivity index (χ4n) is 3.00. The molecule has 7 heteroatoms. The molecule has 0 aliphatic heterocycles. The molecule has 0 unspecified atom stereocenters. The lowest BCUT2D eigenvalue weighted by Gasteiger charge is -2.02. The second kappa shape index (κ2) is 8.04. The zero-order valence-electron chi connectivity index (χ0n) is 15.4. The minimum absolute atomic E-state index is 0.143. The Hall–Kier alpha value is -3.48. The van der Waals surface area contributed by atoms with Crippen molar-refractivity contribution in [1.29, 1.82) is 0 Å². The third kappa shape index (κ3) is 4.09. The first-order chi connectivity index (χ1) is 13.7. The number of hydrogen-bond acceptors (Lipinski definition) is 4. The highest BCUT2D eigenvalue weighted by molar-refractivity contribution is 5.91. The maximum absolute atomic E-state index is 12.7. The molecule has 1 N–H and O–H groups in total. The van der Waals surface area contributed by atoms with E-state index in [1.54, 1.807) is 23.0 Å². The van der Waals surface area contributed by atoms with E-state index in [-0.39, 0.29) is 17.6 Å². The Balaban J connectivity index is 1.42. The molecular formula is C21H21N5O2. The van der Waals surface area contributed by atoms with Crippen LogP contribution in [0.25, 0.3) is 17.5 Å². The minimum Gasteiger partial charge on any atom is -0.351 e. The summed E-state index contributed by atoms with van der Waals surface area (Å²) in [5, 5.41) is 7.28. The molecule has 2 aromatic heterocycles. The Morgan fingerprint density at radius 3 is 2.71 bits per heavy atom. The number of nitrogens with zero attached hydrogens (tertiary/aromatic N) is 4. The number of nitrogens with one attached hydrogen (secondary N) is 1. The summed E-state index contributed by atoms with van der Waals surface area (Å²) in [5.41, 5.74) is 1.63. The van der Waals surface area contributed by atoms with Gasteiger partial charge in [-0.25, -0.2) is 9.48 Å². The standard InChI is InChI=1S/C21H21N5O2/c27-19(11-8-16-5-2-1-3-6-16)23-13-14-25-21(28)26(18-9-10-18)20(24-25)17-7-4-12-22-15-17/h1-8,11-12,15,18H,9-10,13-14H2,(H,23,27). The Morgan fingerprint density at radius 1 is 1.18 bits per heavy atom. The number of amides is 1. The van der Waals surface area contributed by atoms with E-state index in [9.17, 15) is 9.59 Å². The molecule has 1 aliphatic rings. The average molecular weight is 375 g/mol. The van der Waals surface area contributed by atoms with E-state index in [1.807, 2.05) is 42.5 Å². The third-order valence-corrected chi connectivity index (χ3v) is 4.55. The van der Waals surface area contributed by atoms with Crippen molar-refractivity contribution in [2.24, 2.45) is 0 Å². The van der Waals surface area contributed by atoms with Crippen LogP contribution in [0.5, 0.6) is 0 Å². The van der Waals surface area contributed by atoms with Gasteiger partial charge in [-0.1, -0.05) is 30.3 Å². The lowest BCUT2D eigenvalue weighted by atomic mass is 10.2. The van der Waals surface area contributed by atoms with Gasteiger partial charge in [0.2, 0.25) is 5.91 Å². The van der Waals surface area contributed by atoms with E-state index in [0.717, 1.165) is 24.0 Å². The van der Waals surface area contributed by atoms with E-state index < -0.39 is 0 Å². The first kappa shape index (κ1) is 17.9. The van der Waals surface area contributed by atoms with Gasteiger partial charge in [0.15, 0.2) is 5.82 Å². The zero-order chi connectivity index (χ0) is 19.3. The summed E-state index contributed by atoms with van der Waals surface area (Å²) in [4.78, 5) is 28.9. The molecule has 1 fully saturated rings. The van der Waals surface area contributed by atoms with Crippen LogP contribution >= 0.6 is 0 Å². The van der Waals surface area contributed by atoms with E-state index in [4.69, 9.17) is 0 Å². The molecule has 0 saturated heterocycles. The zero-order valence-corrected chi connectivity index (χ0v) is 15.4. The van der Waals surface area contributed by atoms with Crippen LogP contribution in [-0.2, 0) is 11.3 Å². The molecule has 3 aromatic rings. The fraction of sp³-hybridized carbons (Fsp3) is 0.238. The summed E-state index contributed by atoms with van der Waals surface area (Å²) in [6.45, 7) is 0.642. The predicted octanol–water partition coefficient (Wildman–Crippen LogP) is 2.27. The molecule has 1 aliphatic carbocycles. The molecule has 28 heavy (non-hydrogen) atoms. The molecule has 142 valence electrons. The van der Waals surface area contributed by atoms with Gasteiger partial charge in [-0.2, -0.15) is 0 Å². The first-order valence-corrected chi connectivity index (χ1v) is 9.33. The first-order valence-electron chi connectivity index (χ1n) is 9.33. The maximum Gasteiger partial charge on any atom is 0.346 e. The van der Waals surface area contributed by atoms with Crippen molar-refractivity contribution in [1.82, 2.24) is 24.6 Å². The van der Waals surface area contributed by atoms with Gasteiger partial charge in [-0.15, -0.1) is 5.10 Å². The molecular weight excluding hydrogens is 354 g/mol. The van der Waals surface area contributed by atoms with Crippen molar-refractivity contribution < 1.29 is 4.79 Å². The SMILES string of the molecule is O=C(C=Cc1ccccc1)NCCn1nc(-c2cccnc2)n(C2CC2)c1=O. The van der Waals surface area contributed by atoms with Crippen molar-refractivity contribution in [2.75, 3.05) is 6.54 Å². The largest absolute Gasteiger partial charge is 0.351 e. The van der Waals surface area contributed by atoms with Crippen molar-refractivity contribution in [2.45, 2.75) is 25.4 Å². The van der Waals surface area contributed by atoms with Crippen LogP contribution in [0, 0.1) is 0 Å². The second-order valence-corrected chi connectivity index (χ2v) is 6.71. The topological polar surface area (TPSA) is 81.8 Å². The summed E-state index contributed by atoms with van der Waals surface area (Å²) in [7, 11) is 0. The number of pyridine rings is 1. The fourth-order valence-corrected chi connectivity index (χ4v) is 3.00. The molecule has 1 saturated carbocycles. The van der Waals surface area contributed by atoms with Gasteiger partial charge in [-0.05, 0) is 36.6 Å².